The Labute approximate surface area is 139 Å². The number of nitrogens with one attached hydrogen (secondary N) is 1. The number of hydrogen-bond donors (Lipinski definition) is 2. The van der Waals surface area contributed by atoms with Gasteiger partial charge < -0.3 is 15.6 Å². The molecule has 1 aliphatic rings. The number of carbonyl (C=O) groups is 1. The molecule has 0 radical (unpaired) electrons. The maximum absolute atomic E-state index is 12.0. The van der Waals surface area contributed by atoms with Gasteiger partial charge in [0.25, 0.3) is 0 Å². The smallest absolute Gasteiger partial charge is 0.230 e. The molecular formula is C15H21N5O2S. The minimum absolute atomic E-state index is 0.0194. The maximum Gasteiger partial charge on any atom is 0.230 e. The van der Waals surface area contributed by atoms with Crippen LogP contribution in [0.15, 0.2) is 21.9 Å². The van der Waals surface area contributed by atoms with Crippen LogP contribution in [0.4, 0.5) is 0 Å². The van der Waals surface area contributed by atoms with Crippen molar-refractivity contribution in [1.29, 1.82) is 0 Å². The highest BCUT2D eigenvalue weighted by Gasteiger charge is 2.18. The summed E-state index contributed by atoms with van der Waals surface area (Å²) in [5.41, 5.74) is 0.804. The molecule has 1 aliphatic carbocycles. The van der Waals surface area contributed by atoms with Gasteiger partial charge in [-0.25, -0.2) is 4.68 Å². The molecule has 0 unspecified atom stereocenters. The molecule has 2 aromatic heterocycles. The minimum atomic E-state index is 0.0194. The van der Waals surface area contributed by atoms with E-state index in [2.05, 4.69) is 15.5 Å². The third-order valence-electron chi connectivity index (χ3n) is 4.07. The van der Waals surface area contributed by atoms with E-state index >= 15 is 0 Å². The normalized spacial score (nSPS) is 15.7. The third-order valence-corrected chi connectivity index (χ3v) is 5.01. The molecule has 7 nitrogen and oxygen atoms in total. The fraction of sp³-hybridized carbons (Fsp3) is 0.533. The molecule has 0 atom stereocenters. The lowest BCUT2D eigenvalue weighted by Crippen LogP contribution is -2.37. The number of rotatable bonds is 5. The minimum Gasteiger partial charge on any atom is -0.469 e. The number of carbonyl (C=O) groups excluding carboxylic acids is 1. The first-order chi connectivity index (χ1) is 11.1. The summed E-state index contributed by atoms with van der Waals surface area (Å²) < 4.78 is 6.66. The Morgan fingerprint density at radius 2 is 2.22 bits per heavy atom. The van der Waals surface area contributed by atoms with Gasteiger partial charge in [-0.1, -0.05) is 31.0 Å². The van der Waals surface area contributed by atoms with Crippen LogP contribution in [0, 0.1) is 6.92 Å². The quantitative estimate of drug-likeness (QED) is 0.641. The molecule has 3 rings (SSSR count). The van der Waals surface area contributed by atoms with Gasteiger partial charge in [0.05, 0.1) is 17.6 Å². The van der Waals surface area contributed by atoms with Crippen molar-refractivity contribution < 1.29 is 9.21 Å². The zero-order valence-electron chi connectivity index (χ0n) is 13.1. The van der Waals surface area contributed by atoms with Crippen molar-refractivity contribution in [2.45, 2.75) is 50.2 Å². The van der Waals surface area contributed by atoms with Crippen LogP contribution in [0.2, 0.25) is 0 Å². The predicted octanol–water partition coefficient (Wildman–Crippen LogP) is 2.10. The van der Waals surface area contributed by atoms with E-state index in [1.54, 1.807) is 12.3 Å². The first-order valence-electron chi connectivity index (χ1n) is 7.82. The molecule has 0 spiro atoms. The number of thioether (sulfide) groups is 1. The SMILES string of the molecule is Cc1occc1-c1nnc(SCC(=O)NC2CCCCC2)n1N. The van der Waals surface area contributed by atoms with Crippen LogP contribution in [0.25, 0.3) is 11.4 Å². The van der Waals surface area contributed by atoms with E-state index in [-0.39, 0.29) is 11.7 Å². The molecule has 124 valence electrons. The molecule has 0 bridgehead atoms. The molecule has 0 aliphatic heterocycles. The van der Waals surface area contributed by atoms with E-state index in [0.717, 1.165) is 24.2 Å². The molecule has 1 amide bonds. The fourth-order valence-electron chi connectivity index (χ4n) is 2.82. The first-order valence-corrected chi connectivity index (χ1v) is 8.81. The average Bonchev–Trinajstić information content (AvgIpc) is 3.12. The van der Waals surface area contributed by atoms with Gasteiger partial charge in [-0.3, -0.25) is 4.79 Å². The molecule has 23 heavy (non-hydrogen) atoms. The summed E-state index contributed by atoms with van der Waals surface area (Å²) in [5.74, 6) is 7.60. The van der Waals surface area contributed by atoms with E-state index in [4.69, 9.17) is 10.3 Å². The summed E-state index contributed by atoms with van der Waals surface area (Å²) in [4.78, 5) is 12.0. The molecule has 3 N–H and O–H groups in total. The Bertz CT molecular complexity index is 675. The summed E-state index contributed by atoms with van der Waals surface area (Å²) in [7, 11) is 0. The highest BCUT2D eigenvalue weighted by molar-refractivity contribution is 7.99. The van der Waals surface area contributed by atoms with Crippen molar-refractivity contribution in [3.63, 3.8) is 0 Å². The Hall–Kier alpha value is -1.96. The largest absolute Gasteiger partial charge is 0.469 e. The number of aryl methyl sites for hydroxylation is 1. The van der Waals surface area contributed by atoms with Gasteiger partial charge in [0, 0.05) is 6.04 Å². The summed E-state index contributed by atoms with van der Waals surface area (Å²) in [6, 6.07) is 2.11. The maximum atomic E-state index is 12.0. The molecule has 2 aromatic rings. The number of nitrogens with two attached hydrogens (primary N) is 1. The average molecular weight is 335 g/mol. The summed E-state index contributed by atoms with van der Waals surface area (Å²) in [5, 5.41) is 11.7. The van der Waals surface area contributed by atoms with E-state index in [1.165, 1.54) is 35.7 Å². The van der Waals surface area contributed by atoms with Crippen LogP contribution < -0.4 is 11.2 Å². The monoisotopic (exact) mass is 335 g/mol. The standard InChI is InChI=1S/C15H21N5O2S/c1-10-12(7-8-22-10)14-18-19-15(20(14)16)23-9-13(21)17-11-5-3-2-4-6-11/h7-8,11H,2-6,9,16H2,1H3,(H,17,21). The number of nitrogens with zero attached hydrogens (tertiary/aromatic N) is 3. The lowest BCUT2D eigenvalue weighted by Gasteiger charge is -2.22. The van der Waals surface area contributed by atoms with Crippen molar-refractivity contribution in [1.82, 2.24) is 20.2 Å². The van der Waals surface area contributed by atoms with Gasteiger partial charge in [-0.15, -0.1) is 10.2 Å². The van der Waals surface area contributed by atoms with Crippen LogP contribution in [0.5, 0.6) is 0 Å². The van der Waals surface area contributed by atoms with Gasteiger partial charge in [0.15, 0.2) is 5.82 Å². The lowest BCUT2D eigenvalue weighted by molar-refractivity contribution is -0.119. The van der Waals surface area contributed by atoms with Crippen molar-refractivity contribution in [3.05, 3.63) is 18.1 Å². The lowest BCUT2D eigenvalue weighted by atomic mass is 9.95. The highest BCUT2D eigenvalue weighted by atomic mass is 32.2. The predicted molar refractivity (Wildman–Crippen MR) is 88.4 cm³/mol. The second-order valence-electron chi connectivity index (χ2n) is 5.76. The van der Waals surface area contributed by atoms with E-state index < -0.39 is 0 Å². The molecule has 0 aromatic carbocycles. The Kier molecular flexibility index (Phi) is 4.90. The first kappa shape index (κ1) is 15.9. The zero-order chi connectivity index (χ0) is 16.2. The van der Waals surface area contributed by atoms with Crippen LogP contribution >= 0.6 is 11.8 Å². The zero-order valence-corrected chi connectivity index (χ0v) is 13.9. The van der Waals surface area contributed by atoms with Gasteiger partial charge in [0.1, 0.15) is 5.76 Å². The van der Waals surface area contributed by atoms with Crippen LogP contribution in [0.1, 0.15) is 37.9 Å². The van der Waals surface area contributed by atoms with Crippen molar-refractivity contribution in [2.24, 2.45) is 0 Å². The van der Waals surface area contributed by atoms with Crippen LogP contribution in [-0.4, -0.2) is 32.6 Å². The van der Waals surface area contributed by atoms with Gasteiger partial charge in [-0.2, -0.15) is 0 Å². The number of nitrogen functional groups attached to an aromatic ring is 1. The van der Waals surface area contributed by atoms with Gasteiger partial charge in [0.2, 0.25) is 11.1 Å². The Balaban J connectivity index is 1.57. The second kappa shape index (κ2) is 7.08. The van der Waals surface area contributed by atoms with Gasteiger partial charge in [-0.05, 0) is 25.8 Å². The summed E-state index contributed by atoms with van der Waals surface area (Å²) in [6.07, 6.45) is 7.41. The van der Waals surface area contributed by atoms with E-state index in [0.29, 0.717) is 17.0 Å². The number of amides is 1. The number of hydrogen-bond acceptors (Lipinski definition) is 6. The molecule has 8 heteroatoms. The molecule has 1 saturated carbocycles. The van der Waals surface area contributed by atoms with E-state index in [1.807, 2.05) is 6.92 Å². The number of aromatic nitrogens is 3. The molecule has 1 fully saturated rings. The topological polar surface area (TPSA) is 99.0 Å². The van der Waals surface area contributed by atoms with Crippen molar-refractivity contribution in [3.8, 4) is 11.4 Å². The van der Waals surface area contributed by atoms with Gasteiger partial charge >= 0.3 is 0 Å². The molecule has 0 saturated heterocycles. The highest BCUT2D eigenvalue weighted by Crippen LogP contribution is 2.25. The summed E-state index contributed by atoms with van der Waals surface area (Å²) >= 11 is 1.29. The molecular weight excluding hydrogens is 314 g/mol. The van der Waals surface area contributed by atoms with E-state index in [9.17, 15) is 4.79 Å². The molecule has 2 heterocycles. The summed E-state index contributed by atoms with van der Waals surface area (Å²) in [6.45, 7) is 1.84. The Morgan fingerprint density at radius 1 is 1.43 bits per heavy atom. The van der Waals surface area contributed by atoms with Crippen molar-refractivity contribution in [2.75, 3.05) is 11.6 Å². The van der Waals surface area contributed by atoms with Crippen molar-refractivity contribution >= 4 is 17.7 Å². The Morgan fingerprint density at radius 3 is 2.91 bits per heavy atom. The fourth-order valence-corrected chi connectivity index (χ4v) is 3.49. The third kappa shape index (κ3) is 3.69. The number of furan rings is 1. The second-order valence-corrected chi connectivity index (χ2v) is 6.70. The van der Waals surface area contributed by atoms with Crippen LogP contribution in [0.3, 0.4) is 0 Å². The van der Waals surface area contributed by atoms with Crippen LogP contribution in [-0.2, 0) is 4.79 Å².